The van der Waals surface area contributed by atoms with E-state index in [2.05, 4.69) is 5.32 Å². The lowest BCUT2D eigenvalue weighted by Crippen LogP contribution is -2.44. The number of carbonyl (C=O) groups excluding carboxylic acids is 2. The molecule has 3 rings (SSSR count). The molecule has 0 radical (unpaired) electrons. The normalized spacial score (nSPS) is 25.2. The van der Waals surface area contributed by atoms with Crippen LogP contribution in [0.5, 0.6) is 5.75 Å². The fourth-order valence-corrected chi connectivity index (χ4v) is 4.59. The van der Waals surface area contributed by atoms with E-state index in [4.69, 9.17) is 4.74 Å². The smallest absolute Gasteiger partial charge is 0.266 e. The minimum absolute atomic E-state index is 0.0181. The Kier molecular flexibility index (Phi) is 4.01. The Morgan fingerprint density at radius 3 is 2.83 bits per heavy atom. The van der Waals surface area contributed by atoms with Crippen molar-refractivity contribution in [1.82, 2.24) is 4.90 Å². The molecule has 23 heavy (non-hydrogen) atoms. The van der Waals surface area contributed by atoms with Gasteiger partial charge in [0, 0.05) is 13.1 Å². The van der Waals surface area contributed by atoms with Gasteiger partial charge in [0.15, 0.2) is 15.9 Å². The highest BCUT2D eigenvalue weighted by molar-refractivity contribution is 7.91. The summed E-state index contributed by atoms with van der Waals surface area (Å²) < 4.78 is 28.6. The summed E-state index contributed by atoms with van der Waals surface area (Å²) in [7, 11) is -1.49. The molecule has 0 aromatic heterocycles. The van der Waals surface area contributed by atoms with Crippen molar-refractivity contribution in [2.75, 3.05) is 23.9 Å². The first-order chi connectivity index (χ1) is 10.9. The molecule has 0 saturated carbocycles. The Morgan fingerprint density at radius 1 is 1.39 bits per heavy atom. The predicted octanol–water partition coefficient (Wildman–Crippen LogP) is 0.422. The quantitative estimate of drug-likeness (QED) is 0.862. The Balaban J connectivity index is 1.65. The standard InChI is InChI=1S/C15H18N2O5S/c1-17(10-6-7-23(20,21)9-10)14(18)8-13-15(19)16-11-4-2-3-5-12(11)22-13/h2-5,10,13H,6-9H2,1H3,(H,16,19). The third-order valence-corrected chi connectivity index (χ3v) is 5.97. The SMILES string of the molecule is CN(C(=O)CC1Oc2ccccc2NC1=O)C1CCS(=O)(=O)C1. The third kappa shape index (κ3) is 3.31. The number of sulfone groups is 1. The van der Waals surface area contributed by atoms with E-state index in [1.165, 1.54) is 4.90 Å². The van der Waals surface area contributed by atoms with Gasteiger partial charge in [-0.1, -0.05) is 12.1 Å². The molecule has 2 heterocycles. The van der Waals surface area contributed by atoms with Gasteiger partial charge in [0.25, 0.3) is 5.91 Å². The second-order valence-electron chi connectivity index (χ2n) is 5.86. The molecule has 0 spiro atoms. The molecule has 7 nitrogen and oxygen atoms in total. The fraction of sp³-hybridized carbons (Fsp3) is 0.467. The van der Waals surface area contributed by atoms with Gasteiger partial charge in [0.1, 0.15) is 5.75 Å². The molecule has 124 valence electrons. The van der Waals surface area contributed by atoms with Crippen molar-refractivity contribution in [3.05, 3.63) is 24.3 Å². The number of nitrogens with one attached hydrogen (secondary N) is 1. The monoisotopic (exact) mass is 338 g/mol. The number of anilines is 1. The molecule has 2 aliphatic heterocycles. The van der Waals surface area contributed by atoms with Gasteiger partial charge in [-0.2, -0.15) is 0 Å². The largest absolute Gasteiger partial charge is 0.478 e. The number of fused-ring (bicyclic) bond motifs is 1. The number of rotatable bonds is 3. The molecule has 1 aromatic rings. The molecule has 1 saturated heterocycles. The van der Waals surface area contributed by atoms with Crippen LogP contribution in [-0.2, 0) is 19.4 Å². The second kappa shape index (κ2) is 5.84. The molecule has 1 aromatic carbocycles. The lowest BCUT2D eigenvalue weighted by molar-refractivity contribution is -0.137. The summed E-state index contributed by atoms with van der Waals surface area (Å²) >= 11 is 0. The zero-order valence-corrected chi connectivity index (χ0v) is 13.5. The first kappa shape index (κ1) is 15.8. The topological polar surface area (TPSA) is 92.8 Å². The lowest BCUT2D eigenvalue weighted by atomic mass is 10.1. The van der Waals surface area contributed by atoms with Crippen molar-refractivity contribution in [1.29, 1.82) is 0 Å². The maximum atomic E-state index is 12.3. The van der Waals surface area contributed by atoms with E-state index in [9.17, 15) is 18.0 Å². The van der Waals surface area contributed by atoms with Crippen molar-refractivity contribution in [2.24, 2.45) is 0 Å². The number of para-hydroxylation sites is 2. The number of hydrogen-bond acceptors (Lipinski definition) is 5. The van der Waals surface area contributed by atoms with Crippen LogP contribution in [0, 0.1) is 0 Å². The van der Waals surface area contributed by atoms with Gasteiger partial charge >= 0.3 is 0 Å². The molecular weight excluding hydrogens is 320 g/mol. The van der Waals surface area contributed by atoms with Gasteiger partial charge in [-0.25, -0.2) is 8.42 Å². The highest BCUT2D eigenvalue weighted by atomic mass is 32.2. The van der Waals surface area contributed by atoms with Crippen molar-refractivity contribution in [2.45, 2.75) is 25.0 Å². The summed E-state index contributed by atoms with van der Waals surface area (Å²) in [5, 5.41) is 2.71. The maximum Gasteiger partial charge on any atom is 0.266 e. The van der Waals surface area contributed by atoms with E-state index in [1.807, 2.05) is 0 Å². The molecule has 0 bridgehead atoms. The Bertz CT molecular complexity index is 746. The average Bonchev–Trinajstić information content (AvgIpc) is 2.87. The Labute approximate surface area is 134 Å². The summed E-state index contributed by atoms with van der Waals surface area (Å²) in [5.74, 6) is -0.0640. The number of amides is 2. The number of nitrogens with zero attached hydrogens (tertiary/aromatic N) is 1. The number of hydrogen-bond donors (Lipinski definition) is 1. The van der Waals surface area contributed by atoms with Crippen LogP contribution in [0.3, 0.4) is 0 Å². The van der Waals surface area contributed by atoms with E-state index in [0.717, 1.165) is 0 Å². The zero-order chi connectivity index (χ0) is 16.6. The Morgan fingerprint density at radius 2 is 2.13 bits per heavy atom. The molecular formula is C15H18N2O5S. The van der Waals surface area contributed by atoms with Crippen LogP contribution in [0.4, 0.5) is 5.69 Å². The highest BCUT2D eigenvalue weighted by Crippen LogP contribution is 2.30. The van der Waals surface area contributed by atoms with Gasteiger partial charge in [0.2, 0.25) is 5.91 Å². The summed E-state index contributed by atoms with van der Waals surface area (Å²) in [6, 6.07) is 6.68. The maximum absolute atomic E-state index is 12.3. The van der Waals surface area contributed by atoms with Crippen LogP contribution in [0.2, 0.25) is 0 Å². The van der Waals surface area contributed by atoms with Crippen LogP contribution in [0.25, 0.3) is 0 Å². The number of ether oxygens (including phenoxy) is 1. The van der Waals surface area contributed by atoms with Crippen LogP contribution in [-0.4, -0.2) is 55.8 Å². The first-order valence-electron chi connectivity index (χ1n) is 7.38. The minimum atomic E-state index is -3.06. The third-order valence-electron chi connectivity index (χ3n) is 4.22. The second-order valence-corrected chi connectivity index (χ2v) is 8.09. The average molecular weight is 338 g/mol. The minimum Gasteiger partial charge on any atom is -0.478 e. The van der Waals surface area contributed by atoms with Gasteiger partial charge in [-0.15, -0.1) is 0 Å². The van der Waals surface area contributed by atoms with E-state index in [-0.39, 0.29) is 35.8 Å². The van der Waals surface area contributed by atoms with Gasteiger partial charge < -0.3 is 15.0 Å². The highest BCUT2D eigenvalue weighted by Gasteiger charge is 2.35. The van der Waals surface area contributed by atoms with Crippen LogP contribution >= 0.6 is 0 Å². The zero-order valence-electron chi connectivity index (χ0n) is 12.7. The summed E-state index contributed by atoms with van der Waals surface area (Å²) in [6.45, 7) is 0. The fourth-order valence-electron chi connectivity index (χ4n) is 2.81. The van der Waals surface area contributed by atoms with Crippen molar-refractivity contribution < 1.29 is 22.7 Å². The number of carbonyl (C=O) groups is 2. The Hall–Kier alpha value is -2.09. The summed E-state index contributed by atoms with van der Waals surface area (Å²) in [5.41, 5.74) is 0.580. The predicted molar refractivity (Wildman–Crippen MR) is 83.9 cm³/mol. The van der Waals surface area contributed by atoms with E-state index in [1.54, 1.807) is 31.3 Å². The molecule has 1 fully saturated rings. The molecule has 2 amide bonds. The van der Waals surface area contributed by atoms with Crippen molar-refractivity contribution in [3.63, 3.8) is 0 Å². The number of benzene rings is 1. The van der Waals surface area contributed by atoms with Crippen LogP contribution < -0.4 is 10.1 Å². The molecule has 2 atom stereocenters. The van der Waals surface area contributed by atoms with E-state index >= 15 is 0 Å². The van der Waals surface area contributed by atoms with Crippen LogP contribution in [0.1, 0.15) is 12.8 Å². The lowest BCUT2D eigenvalue weighted by Gasteiger charge is -2.28. The van der Waals surface area contributed by atoms with Crippen molar-refractivity contribution >= 4 is 27.3 Å². The molecule has 8 heteroatoms. The molecule has 0 aliphatic carbocycles. The van der Waals surface area contributed by atoms with Gasteiger partial charge in [0.05, 0.1) is 23.6 Å². The first-order valence-corrected chi connectivity index (χ1v) is 9.20. The molecule has 2 aliphatic rings. The molecule has 2 unspecified atom stereocenters. The molecule has 1 N–H and O–H groups in total. The summed E-state index contributed by atoms with van der Waals surface area (Å²) in [6.07, 6.45) is -0.587. The van der Waals surface area contributed by atoms with E-state index in [0.29, 0.717) is 17.9 Å². The van der Waals surface area contributed by atoms with Gasteiger partial charge in [-0.05, 0) is 18.6 Å². The van der Waals surface area contributed by atoms with E-state index < -0.39 is 15.9 Å². The van der Waals surface area contributed by atoms with Gasteiger partial charge in [-0.3, -0.25) is 9.59 Å². The van der Waals surface area contributed by atoms with Crippen molar-refractivity contribution in [3.8, 4) is 5.75 Å². The summed E-state index contributed by atoms with van der Waals surface area (Å²) in [4.78, 5) is 25.8. The van der Waals surface area contributed by atoms with Crippen LogP contribution in [0.15, 0.2) is 24.3 Å².